The Kier molecular flexibility index (Phi) is 4.64. The zero-order valence-corrected chi connectivity index (χ0v) is 16.3. The first-order chi connectivity index (χ1) is 12.2. The van der Waals surface area contributed by atoms with E-state index >= 15 is 0 Å². The first-order valence-electron chi connectivity index (χ1n) is 8.67. The Morgan fingerprint density at radius 3 is 2.76 bits per heavy atom. The van der Waals surface area contributed by atoms with Crippen LogP contribution in [-0.4, -0.2) is 25.0 Å². The molecule has 1 aliphatic carbocycles. The quantitative estimate of drug-likeness (QED) is 0.568. The van der Waals surface area contributed by atoms with E-state index in [-0.39, 0.29) is 0 Å². The molecule has 0 radical (unpaired) electrons. The van der Waals surface area contributed by atoms with Crippen molar-refractivity contribution in [3.63, 3.8) is 0 Å². The van der Waals surface area contributed by atoms with Gasteiger partial charge in [0.15, 0.2) is 5.16 Å². The van der Waals surface area contributed by atoms with E-state index in [2.05, 4.69) is 51.8 Å². The summed E-state index contributed by atoms with van der Waals surface area (Å²) in [5.74, 6) is 3.58. The van der Waals surface area contributed by atoms with E-state index in [9.17, 15) is 0 Å². The molecule has 1 saturated carbocycles. The Morgan fingerprint density at radius 2 is 2.08 bits per heavy atom. The van der Waals surface area contributed by atoms with Crippen molar-refractivity contribution >= 4 is 23.1 Å². The van der Waals surface area contributed by atoms with E-state index in [1.54, 1.807) is 23.1 Å². The van der Waals surface area contributed by atoms with Gasteiger partial charge in [-0.3, -0.25) is 0 Å². The smallest absolute Gasteiger partial charge is 0.257 e. The van der Waals surface area contributed by atoms with E-state index in [0.29, 0.717) is 23.5 Å². The van der Waals surface area contributed by atoms with E-state index in [1.165, 1.54) is 23.3 Å². The summed E-state index contributed by atoms with van der Waals surface area (Å²) in [6, 6.07) is 2.13. The molecule has 0 unspecified atom stereocenters. The molecular formula is C17H21N5OS2. The summed E-state index contributed by atoms with van der Waals surface area (Å²) in [4.78, 5) is 2.42. The molecule has 0 N–H and O–H groups in total. The van der Waals surface area contributed by atoms with Gasteiger partial charge in [0, 0.05) is 17.3 Å². The highest BCUT2D eigenvalue weighted by Crippen LogP contribution is 2.40. The van der Waals surface area contributed by atoms with Crippen molar-refractivity contribution in [1.29, 1.82) is 0 Å². The molecule has 25 heavy (non-hydrogen) atoms. The summed E-state index contributed by atoms with van der Waals surface area (Å²) >= 11 is 3.34. The van der Waals surface area contributed by atoms with Crippen molar-refractivity contribution in [3.8, 4) is 10.8 Å². The van der Waals surface area contributed by atoms with Crippen LogP contribution in [0.1, 0.15) is 54.8 Å². The maximum atomic E-state index is 5.85. The molecule has 6 nitrogen and oxygen atoms in total. The number of thioether (sulfide) groups is 1. The van der Waals surface area contributed by atoms with Crippen molar-refractivity contribution in [2.45, 2.75) is 63.4 Å². The zero-order valence-electron chi connectivity index (χ0n) is 14.7. The number of hydrogen-bond donors (Lipinski definition) is 0. The molecular weight excluding hydrogens is 354 g/mol. The summed E-state index contributed by atoms with van der Waals surface area (Å²) < 4.78 is 8.06. The number of aromatic nitrogens is 5. The van der Waals surface area contributed by atoms with Crippen molar-refractivity contribution in [2.75, 3.05) is 0 Å². The van der Waals surface area contributed by atoms with Crippen molar-refractivity contribution in [3.05, 3.63) is 28.2 Å². The van der Waals surface area contributed by atoms with Gasteiger partial charge in [0.05, 0.1) is 10.6 Å². The lowest BCUT2D eigenvalue weighted by Crippen LogP contribution is -2.02. The van der Waals surface area contributed by atoms with Gasteiger partial charge in [-0.2, -0.15) is 0 Å². The molecule has 8 heteroatoms. The average Bonchev–Trinajstić information content (AvgIpc) is 3.06. The number of rotatable bonds is 7. The molecule has 0 bridgehead atoms. The molecule has 0 spiro atoms. The first kappa shape index (κ1) is 16.8. The fourth-order valence-electron chi connectivity index (χ4n) is 2.86. The highest BCUT2D eigenvalue weighted by molar-refractivity contribution is 7.98. The Hall–Kier alpha value is -1.67. The van der Waals surface area contributed by atoms with Gasteiger partial charge in [-0.15, -0.1) is 31.7 Å². The maximum Gasteiger partial charge on any atom is 0.257 e. The van der Waals surface area contributed by atoms with Crippen molar-refractivity contribution < 1.29 is 4.42 Å². The van der Waals surface area contributed by atoms with Gasteiger partial charge >= 0.3 is 0 Å². The van der Waals surface area contributed by atoms with Gasteiger partial charge in [0.1, 0.15) is 5.82 Å². The third kappa shape index (κ3) is 3.37. The minimum Gasteiger partial charge on any atom is -0.419 e. The minimum absolute atomic E-state index is 0.603. The molecule has 0 amide bonds. The Morgan fingerprint density at radius 1 is 1.24 bits per heavy atom. The third-order valence-corrected chi connectivity index (χ3v) is 6.67. The largest absolute Gasteiger partial charge is 0.419 e. The fraction of sp³-hybridized carbons (Fsp3) is 0.529. The van der Waals surface area contributed by atoms with Crippen LogP contribution in [0, 0.1) is 6.92 Å². The lowest BCUT2D eigenvalue weighted by molar-refractivity contribution is 0.529. The molecule has 4 rings (SSSR count). The number of thiophene rings is 1. The summed E-state index contributed by atoms with van der Waals surface area (Å²) in [6.45, 7) is 7.32. The first-order valence-corrected chi connectivity index (χ1v) is 10.5. The van der Waals surface area contributed by atoms with Gasteiger partial charge in [0.2, 0.25) is 5.89 Å². The van der Waals surface area contributed by atoms with Gasteiger partial charge in [0.25, 0.3) is 5.89 Å². The molecule has 1 fully saturated rings. The molecule has 3 aromatic heterocycles. The predicted octanol–water partition coefficient (Wildman–Crippen LogP) is 4.45. The van der Waals surface area contributed by atoms with Crippen molar-refractivity contribution in [1.82, 2.24) is 25.0 Å². The highest BCUT2D eigenvalue weighted by Gasteiger charge is 2.30. The van der Waals surface area contributed by atoms with E-state index < -0.39 is 0 Å². The molecule has 1 aliphatic rings. The molecule has 0 aliphatic heterocycles. The van der Waals surface area contributed by atoms with Crippen LogP contribution in [0.25, 0.3) is 10.8 Å². The van der Waals surface area contributed by atoms with E-state index in [0.717, 1.165) is 28.8 Å². The second kappa shape index (κ2) is 6.92. The van der Waals surface area contributed by atoms with Crippen LogP contribution in [-0.2, 0) is 18.7 Å². The molecule has 0 aromatic carbocycles. The molecule has 132 valence electrons. The fourth-order valence-corrected chi connectivity index (χ4v) is 4.74. The topological polar surface area (TPSA) is 69.6 Å². The van der Waals surface area contributed by atoms with Crippen LogP contribution in [0.15, 0.2) is 15.6 Å². The third-order valence-electron chi connectivity index (χ3n) is 4.35. The van der Waals surface area contributed by atoms with Crippen LogP contribution in [0.2, 0.25) is 0 Å². The Bertz CT molecular complexity index is 878. The molecule has 3 aromatic rings. The van der Waals surface area contributed by atoms with Gasteiger partial charge in [-0.25, -0.2) is 0 Å². The molecule has 3 heterocycles. The molecule has 0 saturated heterocycles. The standard InChI is InChI=1S/C17H21N5OS2/c1-4-12-10(3)8-13(25-12)16-20-18-14(23-16)9-24-17-21-19-15(11-6-7-11)22(17)5-2/h8,11H,4-7,9H2,1-3H3. The van der Waals surface area contributed by atoms with Crippen LogP contribution in [0.3, 0.4) is 0 Å². The maximum absolute atomic E-state index is 5.85. The molecule has 0 atom stereocenters. The van der Waals surface area contributed by atoms with Gasteiger partial charge in [-0.05, 0) is 44.7 Å². The second-order valence-electron chi connectivity index (χ2n) is 6.22. The van der Waals surface area contributed by atoms with Gasteiger partial charge < -0.3 is 8.98 Å². The number of aryl methyl sites for hydroxylation is 2. The predicted molar refractivity (Wildman–Crippen MR) is 99.0 cm³/mol. The summed E-state index contributed by atoms with van der Waals surface area (Å²) in [7, 11) is 0. The van der Waals surface area contributed by atoms with E-state index in [4.69, 9.17) is 4.42 Å². The number of nitrogens with zero attached hydrogens (tertiary/aromatic N) is 5. The van der Waals surface area contributed by atoms with E-state index in [1.807, 2.05) is 0 Å². The summed E-state index contributed by atoms with van der Waals surface area (Å²) in [5, 5.41) is 18.0. The van der Waals surface area contributed by atoms with Crippen LogP contribution >= 0.6 is 23.1 Å². The number of hydrogen-bond acceptors (Lipinski definition) is 7. The van der Waals surface area contributed by atoms with Crippen LogP contribution < -0.4 is 0 Å². The van der Waals surface area contributed by atoms with Crippen molar-refractivity contribution in [2.24, 2.45) is 0 Å². The average molecular weight is 376 g/mol. The summed E-state index contributed by atoms with van der Waals surface area (Å²) in [5.41, 5.74) is 1.29. The Labute approximate surface area is 155 Å². The monoisotopic (exact) mass is 375 g/mol. The lowest BCUT2D eigenvalue weighted by atomic mass is 10.2. The highest BCUT2D eigenvalue weighted by atomic mass is 32.2. The van der Waals surface area contributed by atoms with Gasteiger partial charge in [-0.1, -0.05) is 18.7 Å². The summed E-state index contributed by atoms with van der Waals surface area (Å²) in [6.07, 6.45) is 3.49. The zero-order chi connectivity index (χ0) is 17.4. The van der Waals surface area contributed by atoms with Crippen LogP contribution in [0.5, 0.6) is 0 Å². The normalized spacial score (nSPS) is 14.4. The minimum atomic E-state index is 0.603. The Balaban J connectivity index is 1.46. The van der Waals surface area contributed by atoms with Crippen LogP contribution in [0.4, 0.5) is 0 Å². The second-order valence-corrected chi connectivity index (χ2v) is 8.30. The lowest BCUT2D eigenvalue weighted by Gasteiger charge is -2.04. The SMILES string of the molecule is CCc1sc(-c2nnc(CSc3nnc(C4CC4)n3CC)o2)cc1C.